The Labute approximate surface area is 171 Å². The normalized spacial score (nSPS) is 13.4. The van der Waals surface area contributed by atoms with E-state index in [4.69, 9.17) is 0 Å². The molecule has 8 heteroatoms. The van der Waals surface area contributed by atoms with E-state index in [2.05, 4.69) is 26.3 Å². The number of hydrogen-bond donors (Lipinski definition) is 4. The molecular formula is C18H28IN5O2. The predicted octanol–water partition coefficient (Wildman–Crippen LogP) is 1.84. The van der Waals surface area contributed by atoms with Crippen LogP contribution < -0.4 is 21.3 Å². The molecule has 0 bridgehead atoms. The summed E-state index contributed by atoms with van der Waals surface area (Å²) in [7, 11) is 0. The number of carbonyl (C=O) groups excluding carboxylic acids is 2. The summed E-state index contributed by atoms with van der Waals surface area (Å²) in [6.07, 6.45) is 2.03. The molecule has 0 spiro atoms. The molecule has 0 aliphatic heterocycles. The van der Waals surface area contributed by atoms with Crippen molar-refractivity contribution in [1.82, 2.24) is 16.0 Å². The number of halogens is 1. The van der Waals surface area contributed by atoms with E-state index < -0.39 is 0 Å². The van der Waals surface area contributed by atoms with E-state index in [0.717, 1.165) is 30.6 Å². The standard InChI is InChI=1S/C18H27N5O2.HI/c1-3-19-18(21-10-9-20-17(25)15-7-8-15)22-12-14-5-4-6-16(11-14)23-13(2)24;/h4-6,11,15H,3,7-10,12H2,1-2H3,(H,20,25)(H,23,24)(H2,19,21,22);1H. The van der Waals surface area contributed by atoms with Crippen molar-refractivity contribution in [3.8, 4) is 0 Å². The van der Waals surface area contributed by atoms with Gasteiger partial charge in [0.25, 0.3) is 0 Å². The van der Waals surface area contributed by atoms with Crippen LogP contribution in [0.25, 0.3) is 0 Å². The Morgan fingerprint density at radius 1 is 1.15 bits per heavy atom. The summed E-state index contributed by atoms with van der Waals surface area (Å²) in [6, 6.07) is 7.61. The number of hydrogen-bond acceptors (Lipinski definition) is 3. The van der Waals surface area contributed by atoms with E-state index in [1.165, 1.54) is 6.92 Å². The van der Waals surface area contributed by atoms with Gasteiger partial charge in [0.2, 0.25) is 11.8 Å². The van der Waals surface area contributed by atoms with Gasteiger partial charge in [0.1, 0.15) is 0 Å². The van der Waals surface area contributed by atoms with Crippen LogP contribution in [-0.2, 0) is 16.1 Å². The average molecular weight is 473 g/mol. The van der Waals surface area contributed by atoms with Gasteiger partial charge in [0, 0.05) is 38.2 Å². The van der Waals surface area contributed by atoms with Gasteiger partial charge < -0.3 is 21.3 Å². The highest BCUT2D eigenvalue weighted by molar-refractivity contribution is 14.0. The fourth-order valence-electron chi connectivity index (χ4n) is 2.32. The molecule has 0 heterocycles. The maximum absolute atomic E-state index is 11.6. The van der Waals surface area contributed by atoms with Gasteiger partial charge in [-0.2, -0.15) is 0 Å². The lowest BCUT2D eigenvalue weighted by molar-refractivity contribution is -0.122. The highest BCUT2D eigenvalue weighted by atomic mass is 127. The van der Waals surface area contributed by atoms with Crippen molar-refractivity contribution in [2.45, 2.75) is 33.2 Å². The van der Waals surface area contributed by atoms with Crippen molar-refractivity contribution >= 4 is 47.4 Å². The number of anilines is 1. The first-order chi connectivity index (χ1) is 12.1. The summed E-state index contributed by atoms with van der Waals surface area (Å²) in [4.78, 5) is 27.2. The third-order valence-corrected chi connectivity index (χ3v) is 3.68. The van der Waals surface area contributed by atoms with Crippen LogP contribution in [0.3, 0.4) is 0 Å². The summed E-state index contributed by atoms with van der Waals surface area (Å²) in [5.74, 6) is 0.994. The first-order valence-electron chi connectivity index (χ1n) is 8.75. The molecule has 0 unspecified atom stereocenters. The van der Waals surface area contributed by atoms with E-state index in [9.17, 15) is 9.59 Å². The van der Waals surface area contributed by atoms with Crippen molar-refractivity contribution in [2.24, 2.45) is 10.9 Å². The molecule has 2 amide bonds. The third kappa shape index (κ3) is 8.50. The number of carbonyl (C=O) groups is 2. The minimum atomic E-state index is -0.0936. The van der Waals surface area contributed by atoms with Crippen LogP contribution in [-0.4, -0.2) is 37.4 Å². The van der Waals surface area contributed by atoms with Crippen LogP contribution in [0.5, 0.6) is 0 Å². The monoisotopic (exact) mass is 473 g/mol. The lowest BCUT2D eigenvalue weighted by Gasteiger charge is -2.12. The minimum absolute atomic E-state index is 0. The summed E-state index contributed by atoms with van der Waals surface area (Å²) in [5, 5.41) is 12.1. The van der Waals surface area contributed by atoms with Gasteiger partial charge in [-0.1, -0.05) is 12.1 Å². The zero-order valence-electron chi connectivity index (χ0n) is 15.3. The van der Waals surface area contributed by atoms with Crippen LogP contribution >= 0.6 is 24.0 Å². The minimum Gasteiger partial charge on any atom is -0.357 e. The van der Waals surface area contributed by atoms with Crippen LogP contribution in [0.4, 0.5) is 5.69 Å². The van der Waals surface area contributed by atoms with Crippen molar-refractivity contribution < 1.29 is 9.59 Å². The summed E-state index contributed by atoms with van der Waals surface area (Å²) >= 11 is 0. The first-order valence-corrected chi connectivity index (χ1v) is 8.75. The molecule has 4 N–H and O–H groups in total. The van der Waals surface area contributed by atoms with Gasteiger partial charge >= 0.3 is 0 Å². The van der Waals surface area contributed by atoms with Crippen LogP contribution in [0.15, 0.2) is 29.3 Å². The molecule has 1 aliphatic rings. The first kappa shape index (κ1) is 22.2. The SMILES string of the molecule is CCNC(=NCc1cccc(NC(C)=O)c1)NCCNC(=O)C1CC1.I. The predicted molar refractivity (Wildman–Crippen MR) is 115 cm³/mol. The molecule has 2 rings (SSSR count). The molecule has 144 valence electrons. The molecule has 26 heavy (non-hydrogen) atoms. The molecule has 7 nitrogen and oxygen atoms in total. The summed E-state index contributed by atoms with van der Waals surface area (Å²) in [5.41, 5.74) is 1.77. The lowest BCUT2D eigenvalue weighted by Crippen LogP contribution is -2.41. The third-order valence-electron chi connectivity index (χ3n) is 3.68. The smallest absolute Gasteiger partial charge is 0.223 e. The number of guanidine groups is 1. The second-order valence-electron chi connectivity index (χ2n) is 6.07. The van der Waals surface area contributed by atoms with Gasteiger partial charge in [0.15, 0.2) is 5.96 Å². The second-order valence-corrected chi connectivity index (χ2v) is 6.07. The van der Waals surface area contributed by atoms with Crippen LogP contribution in [0, 0.1) is 5.92 Å². The molecule has 0 atom stereocenters. The molecule has 1 saturated carbocycles. The van der Waals surface area contributed by atoms with Gasteiger partial charge in [-0.25, -0.2) is 4.99 Å². The van der Waals surface area contributed by atoms with Crippen molar-refractivity contribution in [1.29, 1.82) is 0 Å². The highest BCUT2D eigenvalue weighted by Crippen LogP contribution is 2.28. The second kappa shape index (κ2) is 11.7. The molecular weight excluding hydrogens is 445 g/mol. The average Bonchev–Trinajstić information content (AvgIpc) is 3.41. The lowest BCUT2D eigenvalue weighted by atomic mass is 10.2. The Balaban J connectivity index is 0.00000338. The van der Waals surface area contributed by atoms with E-state index in [0.29, 0.717) is 25.6 Å². The van der Waals surface area contributed by atoms with Crippen molar-refractivity contribution in [3.05, 3.63) is 29.8 Å². The molecule has 1 aromatic carbocycles. The Kier molecular flexibility index (Phi) is 10.0. The molecule has 1 aromatic rings. The van der Waals surface area contributed by atoms with E-state index in [1.807, 2.05) is 31.2 Å². The largest absolute Gasteiger partial charge is 0.357 e. The Morgan fingerprint density at radius 2 is 1.88 bits per heavy atom. The molecule has 0 saturated heterocycles. The van der Waals surface area contributed by atoms with E-state index in [-0.39, 0.29) is 41.7 Å². The van der Waals surface area contributed by atoms with Crippen molar-refractivity contribution in [2.75, 3.05) is 25.0 Å². The number of benzene rings is 1. The quantitative estimate of drug-likeness (QED) is 0.201. The number of amides is 2. The van der Waals surface area contributed by atoms with Gasteiger partial charge in [-0.15, -0.1) is 24.0 Å². The molecule has 1 aliphatic carbocycles. The number of nitrogens with zero attached hydrogens (tertiary/aromatic N) is 1. The van der Waals surface area contributed by atoms with E-state index in [1.54, 1.807) is 0 Å². The van der Waals surface area contributed by atoms with Gasteiger partial charge in [0.05, 0.1) is 6.54 Å². The Bertz CT molecular complexity index is 632. The van der Waals surface area contributed by atoms with Crippen LogP contribution in [0.1, 0.15) is 32.3 Å². The topological polar surface area (TPSA) is 94.6 Å². The van der Waals surface area contributed by atoms with Gasteiger partial charge in [-0.05, 0) is 37.5 Å². The number of nitrogens with one attached hydrogen (secondary N) is 4. The van der Waals surface area contributed by atoms with Crippen LogP contribution in [0.2, 0.25) is 0 Å². The van der Waals surface area contributed by atoms with Gasteiger partial charge in [-0.3, -0.25) is 9.59 Å². The van der Waals surface area contributed by atoms with Crippen molar-refractivity contribution in [3.63, 3.8) is 0 Å². The highest BCUT2D eigenvalue weighted by Gasteiger charge is 2.28. The molecule has 1 fully saturated rings. The molecule has 0 radical (unpaired) electrons. The fraction of sp³-hybridized carbons (Fsp3) is 0.500. The summed E-state index contributed by atoms with van der Waals surface area (Å²) in [6.45, 7) is 5.95. The van der Waals surface area contributed by atoms with E-state index >= 15 is 0 Å². The Hall–Kier alpha value is -1.84. The maximum Gasteiger partial charge on any atom is 0.223 e. The summed E-state index contributed by atoms with van der Waals surface area (Å²) < 4.78 is 0. The number of rotatable bonds is 8. The number of aliphatic imine (C=N–C) groups is 1. The zero-order chi connectivity index (χ0) is 18.1. The Morgan fingerprint density at radius 3 is 2.54 bits per heavy atom. The maximum atomic E-state index is 11.6. The zero-order valence-corrected chi connectivity index (χ0v) is 17.6. The fourth-order valence-corrected chi connectivity index (χ4v) is 2.32. The molecule has 0 aromatic heterocycles.